The van der Waals surface area contributed by atoms with Gasteiger partial charge in [-0.1, -0.05) is 0 Å². The number of sulfonamides is 1. The molecular weight excluding hydrogens is 271 g/mol. The molecule has 1 aromatic carbocycles. The molecule has 1 atom stereocenters. The molecule has 2 N–H and O–H groups in total. The number of anilines is 1. The van der Waals surface area contributed by atoms with E-state index in [1.807, 2.05) is 0 Å². The number of hydrogen-bond donors (Lipinski definition) is 1. The monoisotopic (exact) mass is 288 g/mol. The summed E-state index contributed by atoms with van der Waals surface area (Å²) in [7, 11) is -2.21. The highest BCUT2D eigenvalue weighted by atomic mass is 32.2. The summed E-state index contributed by atoms with van der Waals surface area (Å²) in [4.78, 5) is -0.320. The van der Waals surface area contributed by atoms with Crippen LogP contribution in [0.4, 0.5) is 10.1 Å². The summed E-state index contributed by atoms with van der Waals surface area (Å²) in [5, 5.41) is 0. The largest absolute Gasteiger partial charge is 0.399 e. The maximum absolute atomic E-state index is 13.7. The highest BCUT2D eigenvalue weighted by Gasteiger charge is 2.34. The first-order chi connectivity index (χ1) is 8.95. The standard InChI is InChI=1S/C12H17FN2O3S/c1-18-8-9-4-5-15(7-9)19(16,17)12-3-2-10(14)6-11(12)13/h2-3,6,9H,4-5,7-8,14H2,1H3. The van der Waals surface area contributed by atoms with Gasteiger partial charge < -0.3 is 10.5 Å². The molecule has 2 rings (SSSR count). The van der Waals surface area contributed by atoms with E-state index in [-0.39, 0.29) is 16.5 Å². The minimum Gasteiger partial charge on any atom is -0.399 e. The van der Waals surface area contributed by atoms with Gasteiger partial charge in [-0.15, -0.1) is 0 Å². The summed E-state index contributed by atoms with van der Waals surface area (Å²) in [6.07, 6.45) is 0.726. The van der Waals surface area contributed by atoms with Gasteiger partial charge in [0.15, 0.2) is 0 Å². The predicted molar refractivity (Wildman–Crippen MR) is 69.6 cm³/mol. The van der Waals surface area contributed by atoms with Crippen LogP contribution in [0, 0.1) is 11.7 Å². The second-order valence-electron chi connectivity index (χ2n) is 4.66. The molecular formula is C12H17FN2O3S. The van der Waals surface area contributed by atoms with Crippen molar-refractivity contribution < 1.29 is 17.5 Å². The van der Waals surface area contributed by atoms with Gasteiger partial charge in [-0.3, -0.25) is 0 Å². The van der Waals surface area contributed by atoms with Crippen molar-refractivity contribution in [3.05, 3.63) is 24.0 Å². The minimum atomic E-state index is -3.79. The Morgan fingerprint density at radius 3 is 2.89 bits per heavy atom. The zero-order valence-corrected chi connectivity index (χ0v) is 11.5. The van der Waals surface area contributed by atoms with Gasteiger partial charge >= 0.3 is 0 Å². The van der Waals surface area contributed by atoms with Crippen molar-refractivity contribution in [1.29, 1.82) is 0 Å². The summed E-state index contributed by atoms with van der Waals surface area (Å²) >= 11 is 0. The van der Waals surface area contributed by atoms with Crippen molar-refractivity contribution in [2.75, 3.05) is 32.5 Å². The van der Waals surface area contributed by atoms with Gasteiger partial charge in [-0.2, -0.15) is 4.31 Å². The SMILES string of the molecule is COCC1CCN(S(=O)(=O)c2ccc(N)cc2F)C1. The van der Waals surface area contributed by atoms with Crippen molar-refractivity contribution in [2.45, 2.75) is 11.3 Å². The quantitative estimate of drug-likeness (QED) is 0.841. The van der Waals surface area contributed by atoms with Crippen LogP contribution in [0.15, 0.2) is 23.1 Å². The topological polar surface area (TPSA) is 72.6 Å². The Morgan fingerprint density at radius 1 is 1.53 bits per heavy atom. The number of nitrogens with zero attached hydrogens (tertiary/aromatic N) is 1. The van der Waals surface area contributed by atoms with Crippen LogP contribution < -0.4 is 5.73 Å². The number of hydrogen-bond acceptors (Lipinski definition) is 4. The zero-order chi connectivity index (χ0) is 14.0. The lowest BCUT2D eigenvalue weighted by Crippen LogP contribution is -2.30. The second kappa shape index (κ2) is 5.44. The van der Waals surface area contributed by atoms with E-state index in [0.29, 0.717) is 19.7 Å². The van der Waals surface area contributed by atoms with E-state index in [0.717, 1.165) is 12.5 Å². The Hall–Kier alpha value is -1.18. The van der Waals surface area contributed by atoms with Crippen molar-refractivity contribution in [1.82, 2.24) is 4.31 Å². The molecule has 0 saturated carbocycles. The third kappa shape index (κ3) is 2.88. The van der Waals surface area contributed by atoms with Gasteiger partial charge in [0.25, 0.3) is 0 Å². The number of benzene rings is 1. The van der Waals surface area contributed by atoms with Crippen LogP contribution in [-0.4, -0.2) is 39.5 Å². The Kier molecular flexibility index (Phi) is 4.07. The molecule has 0 aromatic heterocycles. The zero-order valence-electron chi connectivity index (χ0n) is 10.7. The molecule has 106 valence electrons. The fourth-order valence-electron chi connectivity index (χ4n) is 2.25. The van der Waals surface area contributed by atoms with Crippen molar-refractivity contribution in [3.8, 4) is 0 Å². The smallest absolute Gasteiger partial charge is 0.245 e. The molecule has 1 unspecified atom stereocenters. The van der Waals surface area contributed by atoms with E-state index in [1.54, 1.807) is 7.11 Å². The molecule has 5 nitrogen and oxygen atoms in total. The normalized spacial score (nSPS) is 20.8. The third-order valence-corrected chi connectivity index (χ3v) is 5.12. The summed E-state index contributed by atoms with van der Waals surface area (Å²) in [5.41, 5.74) is 5.62. The molecule has 0 amide bonds. The predicted octanol–water partition coefficient (Wildman–Crippen LogP) is 1.06. The molecule has 0 bridgehead atoms. The Morgan fingerprint density at radius 2 is 2.26 bits per heavy atom. The van der Waals surface area contributed by atoms with Crippen LogP contribution in [0.25, 0.3) is 0 Å². The van der Waals surface area contributed by atoms with E-state index >= 15 is 0 Å². The molecule has 1 saturated heterocycles. The van der Waals surface area contributed by atoms with E-state index in [9.17, 15) is 12.8 Å². The molecule has 19 heavy (non-hydrogen) atoms. The molecule has 1 aliphatic heterocycles. The van der Waals surface area contributed by atoms with Crippen LogP contribution in [0.1, 0.15) is 6.42 Å². The average molecular weight is 288 g/mol. The van der Waals surface area contributed by atoms with E-state index < -0.39 is 15.8 Å². The van der Waals surface area contributed by atoms with Gasteiger partial charge in [0.05, 0.1) is 6.61 Å². The van der Waals surface area contributed by atoms with Crippen LogP contribution in [-0.2, 0) is 14.8 Å². The van der Waals surface area contributed by atoms with Crippen molar-refractivity contribution in [2.24, 2.45) is 5.92 Å². The maximum atomic E-state index is 13.7. The number of nitrogen functional groups attached to an aromatic ring is 1. The first-order valence-corrected chi connectivity index (χ1v) is 7.43. The Balaban J connectivity index is 2.23. The summed E-state index contributed by atoms with van der Waals surface area (Å²) < 4.78 is 44.7. The fourth-order valence-corrected chi connectivity index (χ4v) is 3.83. The van der Waals surface area contributed by atoms with E-state index in [4.69, 9.17) is 10.5 Å². The van der Waals surface area contributed by atoms with E-state index in [1.165, 1.54) is 16.4 Å². The molecule has 0 radical (unpaired) electrons. The summed E-state index contributed by atoms with van der Waals surface area (Å²) in [6, 6.07) is 3.62. The molecule has 1 aliphatic rings. The minimum absolute atomic E-state index is 0.164. The van der Waals surface area contributed by atoms with Crippen molar-refractivity contribution in [3.63, 3.8) is 0 Å². The molecule has 1 fully saturated rings. The number of rotatable bonds is 4. The molecule has 1 heterocycles. The van der Waals surface area contributed by atoms with E-state index in [2.05, 4.69) is 0 Å². The highest BCUT2D eigenvalue weighted by molar-refractivity contribution is 7.89. The van der Waals surface area contributed by atoms with Gasteiger partial charge in [0.1, 0.15) is 10.7 Å². The van der Waals surface area contributed by atoms with Crippen LogP contribution in [0.5, 0.6) is 0 Å². The average Bonchev–Trinajstić information content (AvgIpc) is 2.78. The lowest BCUT2D eigenvalue weighted by molar-refractivity contribution is 0.157. The first-order valence-electron chi connectivity index (χ1n) is 5.99. The fraction of sp³-hybridized carbons (Fsp3) is 0.500. The third-order valence-electron chi connectivity index (χ3n) is 3.22. The van der Waals surface area contributed by atoms with Crippen molar-refractivity contribution >= 4 is 15.7 Å². The maximum Gasteiger partial charge on any atom is 0.245 e. The Bertz CT molecular complexity index is 562. The molecule has 0 aliphatic carbocycles. The molecule has 7 heteroatoms. The van der Waals surface area contributed by atoms with Gasteiger partial charge in [0.2, 0.25) is 10.0 Å². The van der Waals surface area contributed by atoms with Crippen LogP contribution in [0.2, 0.25) is 0 Å². The summed E-state index contributed by atoms with van der Waals surface area (Å²) in [5.74, 6) is -0.646. The molecule has 0 spiro atoms. The first kappa shape index (κ1) is 14.2. The lowest BCUT2D eigenvalue weighted by Gasteiger charge is -2.17. The number of nitrogens with two attached hydrogens (primary N) is 1. The van der Waals surface area contributed by atoms with Crippen LogP contribution in [0.3, 0.4) is 0 Å². The lowest BCUT2D eigenvalue weighted by atomic mass is 10.1. The number of halogens is 1. The summed E-state index contributed by atoms with van der Waals surface area (Å²) in [6.45, 7) is 1.26. The highest BCUT2D eigenvalue weighted by Crippen LogP contribution is 2.26. The van der Waals surface area contributed by atoms with Gasteiger partial charge in [-0.25, -0.2) is 12.8 Å². The van der Waals surface area contributed by atoms with Gasteiger partial charge in [0, 0.05) is 25.9 Å². The Labute approximate surface area is 112 Å². The second-order valence-corrected chi connectivity index (χ2v) is 6.57. The number of ether oxygens (including phenoxy) is 1. The van der Waals surface area contributed by atoms with Crippen LogP contribution >= 0.6 is 0 Å². The molecule has 1 aromatic rings. The number of methoxy groups -OCH3 is 1. The van der Waals surface area contributed by atoms with Gasteiger partial charge in [-0.05, 0) is 30.5 Å².